The second-order valence-electron chi connectivity index (χ2n) is 4.71. The quantitative estimate of drug-likeness (QED) is 0.709. The summed E-state index contributed by atoms with van der Waals surface area (Å²) in [6, 6.07) is -1.06. The van der Waals surface area contributed by atoms with Crippen LogP contribution < -0.4 is 0 Å². The SMILES string of the molecule is CC(C)(C)N1CC(F)(F)C[C@H]1C(=O)O. The van der Waals surface area contributed by atoms with E-state index in [1.807, 2.05) is 0 Å². The fraction of sp³-hybridized carbons (Fsp3) is 0.889. The summed E-state index contributed by atoms with van der Waals surface area (Å²) in [5.74, 6) is -4.05. The van der Waals surface area contributed by atoms with Gasteiger partial charge in [0.15, 0.2) is 0 Å². The number of aliphatic carboxylic acids is 1. The van der Waals surface area contributed by atoms with E-state index in [1.54, 1.807) is 20.8 Å². The van der Waals surface area contributed by atoms with Gasteiger partial charge in [-0.3, -0.25) is 9.69 Å². The number of rotatable bonds is 1. The molecule has 0 saturated carbocycles. The Balaban J connectivity index is 2.89. The fourth-order valence-corrected chi connectivity index (χ4v) is 1.74. The number of nitrogens with zero attached hydrogens (tertiary/aromatic N) is 1. The van der Waals surface area contributed by atoms with Crippen molar-refractivity contribution in [2.24, 2.45) is 0 Å². The summed E-state index contributed by atoms with van der Waals surface area (Å²) in [4.78, 5) is 12.1. The lowest BCUT2D eigenvalue weighted by Crippen LogP contribution is -2.48. The van der Waals surface area contributed by atoms with E-state index in [4.69, 9.17) is 5.11 Å². The van der Waals surface area contributed by atoms with Crippen molar-refractivity contribution in [3.05, 3.63) is 0 Å². The number of hydrogen-bond donors (Lipinski definition) is 1. The number of halogens is 2. The molecule has 82 valence electrons. The zero-order valence-corrected chi connectivity index (χ0v) is 8.55. The van der Waals surface area contributed by atoms with E-state index in [1.165, 1.54) is 4.90 Å². The van der Waals surface area contributed by atoms with Crippen LogP contribution in [0, 0.1) is 0 Å². The van der Waals surface area contributed by atoms with Gasteiger partial charge in [0.1, 0.15) is 6.04 Å². The molecule has 3 nitrogen and oxygen atoms in total. The van der Waals surface area contributed by atoms with Gasteiger partial charge in [0, 0.05) is 12.0 Å². The van der Waals surface area contributed by atoms with Gasteiger partial charge in [-0.05, 0) is 20.8 Å². The maximum atomic E-state index is 13.0. The van der Waals surface area contributed by atoms with Crippen molar-refractivity contribution in [1.82, 2.24) is 4.90 Å². The Hall–Kier alpha value is -0.710. The van der Waals surface area contributed by atoms with Gasteiger partial charge in [-0.25, -0.2) is 8.78 Å². The van der Waals surface area contributed by atoms with Crippen LogP contribution in [0.5, 0.6) is 0 Å². The summed E-state index contributed by atoms with van der Waals surface area (Å²) >= 11 is 0. The smallest absolute Gasteiger partial charge is 0.321 e. The van der Waals surface area contributed by atoms with Crippen molar-refractivity contribution >= 4 is 5.97 Å². The Labute approximate surface area is 81.7 Å². The Morgan fingerprint density at radius 1 is 1.50 bits per heavy atom. The van der Waals surface area contributed by atoms with Crippen molar-refractivity contribution < 1.29 is 18.7 Å². The van der Waals surface area contributed by atoms with Crippen molar-refractivity contribution in [3.8, 4) is 0 Å². The van der Waals surface area contributed by atoms with E-state index in [-0.39, 0.29) is 0 Å². The Morgan fingerprint density at radius 3 is 2.29 bits per heavy atom. The van der Waals surface area contributed by atoms with Gasteiger partial charge >= 0.3 is 5.97 Å². The molecule has 0 bridgehead atoms. The second kappa shape index (κ2) is 3.15. The minimum absolute atomic E-state index is 0.465. The number of carboxylic acids is 1. The van der Waals surface area contributed by atoms with Gasteiger partial charge in [-0.1, -0.05) is 0 Å². The molecule has 1 aliphatic heterocycles. The fourth-order valence-electron chi connectivity index (χ4n) is 1.74. The standard InChI is InChI=1S/C9H15F2NO2/c1-8(2,3)12-5-9(10,11)4-6(12)7(13)14/h6H,4-5H2,1-3H3,(H,13,14)/t6-/m0/s1. The third-order valence-corrected chi connectivity index (χ3v) is 2.42. The first-order valence-electron chi connectivity index (χ1n) is 4.51. The van der Waals surface area contributed by atoms with Gasteiger partial charge in [-0.2, -0.15) is 0 Å². The highest BCUT2D eigenvalue weighted by atomic mass is 19.3. The van der Waals surface area contributed by atoms with Crippen molar-refractivity contribution in [1.29, 1.82) is 0 Å². The van der Waals surface area contributed by atoms with Crippen LogP contribution >= 0.6 is 0 Å². The van der Waals surface area contributed by atoms with Gasteiger partial charge in [0.05, 0.1) is 6.54 Å². The summed E-state index contributed by atoms with van der Waals surface area (Å²) < 4.78 is 26.1. The lowest BCUT2D eigenvalue weighted by atomic mass is 10.0. The summed E-state index contributed by atoms with van der Waals surface area (Å²) in [6.45, 7) is 4.76. The largest absolute Gasteiger partial charge is 0.480 e. The van der Waals surface area contributed by atoms with Crippen molar-refractivity contribution in [2.75, 3.05) is 6.54 Å². The predicted octanol–water partition coefficient (Wildman–Crippen LogP) is 1.58. The van der Waals surface area contributed by atoms with Crippen molar-refractivity contribution in [3.63, 3.8) is 0 Å². The predicted molar refractivity (Wildman–Crippen MR) is 47.4 cm³/mol. The van der Waals surface area contributed by atoms with E-state index in [0.29, 0.717) is 0 Å². The van der Waals surface area contributed by atoms with Crippen LogP contribution in [0.15, 0.2) is 0 Å². The van der Waals surface area contributed by atoms with Gasteiger partial charge in [-0.15, -0.1) is 0 Å². The van der Waals surface area contributed by atoms with E-state index >= 15 is 0 Å². The maximum absolute atomic E-state index is 13.0. The minimum atomic E-state index is -2.88. The number of carbonyl (C=O) groups is 1. The van der Waals surface area contributed by atoms with E-state index in [0.717, 1.165) is 0 Å². The lowest BCUT2D eigenvalue weighted by molar-refractivity contribution is -0.144. The summed E-state index contributed by atoms with van der Waals surface area (Å²) in [6.07, 6.45) is -0.584. The van der Waals surface area contributed by atoms with Gasteiger partial charge < -0.3 is 5.11 Å². The molecule has 14 heavy (non-hydrogen) atoms. The first-order valence-corrected chi connectivity index (χ1v) is 4.51. The average Bonchev–Trinajstić information content (AvgIpc) is 2.24. The lowest BCUT2D eigenvalue weighted by Gasteiger charge is -2.34. The van der Waals surface area contributed by atoms with Crippen LogP contribution in [-0.4, -0.2) is 40.0 Å². The molecule has 0 aromatic carbocycles. The molecule has 1 atom stereocenters. The van der Waals surface area contributed by atoms with Crippen LogP contribution in [-0.2, 0) is 4.79 Å². The molecule has 1 saturated heterocycles. The first kappa shape index (κ1) is 11.4. The van der Waals surface area contributed by atoms with E-state index < -0.39 is 36.4 Å². The molecule has 1 fully saturated rings. The van der Waals surface area contributed by atoms with Gasteiger partial charge in [0.2, 0.25) is 0 Å². The monoisotopic (exact) mass is 207 g/mol. The number of carboxylic acid groups (broad SMARTS) is 1. The second-order valence-corrected chi connectivity index (χ2v) is 4.71. The number of hydrogen-bond acceptors (Lipinski definition) is 2. The van der Waals surface area contributed by atoms with Crippen molar-refractivity contribution in [2.45, 2.75) is 44.7 Å². The molecule has 1 rings (SSSR count). The summed E-state index contributed by atoms with van der Waals surface area (Å²) in [5.41, 5.74) is -0.539. The van der Waals surface area contributed by atoms with Crippen LogP contribution in [0.1, 0.15) is 27.2 Å². The van der Waals surface area contributed by atoms with E-state index in [2.05, 4.69) is 0 Å². The molecule has 0 unspecified atom stereocenters. The molecule has 5 heteroatoms. The highest BCUT2D eigenvalue weighted by Crippen LogP contribution is 2.36. The molecule has 1 N–H and O–H groups in total. The summed E-state index contributed by atoms with van der Waals surface area (Å²) in [7, 11) is 0. The molecule has 1 aliphatic rings. The van der Waals surface area contributed by atoms with Crippen LogP contribution in [0.3, 0.4) is 0 Å². The van der Waals surface area contributed by atoms with Crippen LogP contribution in [0.4, 0.5) is 8.78 Å². The first-order chi connectivity index (χ1) is 6.13. The van der Waals surface area contributed by atoms with E-state index in [9.17, 15) is 13.6 Å². The molecule has 0 aliphatic carbocycles. The average molecular weight is 207 g/mol. The highest BCUT2D eigenvalue weighted by Gasteiger charge is 2.51. The molecular weight excluding hydrogens is 192 g/mol. The third kappa shape index (κ3) is 2.20. The molecule has 1 heterocycles. The topological polar surface area (TPSA) is 40.5 Å². The molecule has 0 spiro atoms. The molecule has 0 radical (unpaired) electrons. The Kier molecular flexibility index (Phi) is 2.56. The molecular formula is C9H15F2NO2. The zero-order chi connectivity index (χ0) is 11.1. The Bertz CT molecular complexity index is 248. The highest BCUT2D eigenvalue weighted by molar-refractivity contribution is 5.74. The third-order valence-electron chi connectivity index (χ3n) is 2.42. The number of alkyl halides is 2. The molecule has 0 aromatic rings. The van der Waals surface area contributed by atoms with Crippen LogP contribution in [0.2, 0.25) is 0 Å². The normalized spacial score (nSPS) is 27.9. The molecule has 0 aromatic heterocycles. The zero-order valence-electron chi connectivity index (χ0n) is 8.55. The Morgan fingerprint density at radius 2 is 2.00 bits per heavy atom. The summed E-state index contributed by atoms with van der Waals surface area (Å²) in [5, 5.41) is 8.80. The maximum Gasteiger partial charge on any atom is 0.321 e. The van der Waals surface area contributed by atoms with Crippen LogP contribution in [0.25, 0.3) is 0 Å². The number of likely N-dealkylation sites (tertiary alicyclic amines) is 1. The molecule has 0 amide bonds. The minimum Gasteiger partial charge on any atom is -0.480 e. The van der Waals surface area contributed by atoms with Gasteiger partial charge in [0.25, 0.3) is 5.92 Å².